The highest BCUT2D eigenvalue weighted by Crippen LogP contribution is 2.35. The van der Waals surface area contributed by atoms with E-state index in [0.717, 1.165) is 23.7 Å². The number of carbonyl (C=O) groups is 1. The lowest BCUT2D eigenvalue weighted by atomic mass is 9.75. The highest BCUT2D eigenvalue weighted by molar-refractivity contribution is 5.83. The number of hydrogen-bond donors (Lipinski definition) is 0. The van der Waals surface area contributed by atoms with E-state index in [-0.39, 0.29) is 18.7 Å². The average molecular weight is 342 g/mol. The van der Waals surface area contributed by atoms with Gasteiger partial charge in [0.1, 0.15) is 12.4 Å². The summed E-state index contributed by atoms with van der Waals surface area (Å²) in [5, 5.41) is 0.796. The van der Waals surface area contributed by atoms with Crippen LogP contribution in [-0.2, 0) is 9.53 Å². The molecule has 2 aromatic rings. The Kier molecular flexibility index (Phi) is 5.51. The zero-order valence-corrected chi connectivity index (χ0v) is 15.1. The van der Waals surface area contributed by atoms with E-state index in [1.807, 2.05) is 24.3 Å². The largest absolute Gasteiger partial charge is 0.465 e. The number of fused-ring (bicyclic) bond motifs is 1. The maximum absolute atomic E-state index is 12.3. The topological polar surface area (TPSA) is 61.3 Å². The number of hydrogen-bond acceptors (Lipinski definition) is 5. The Morgan fingerprint density at radius 3 is 2.84 bits per heavy atom. The van der Waals surface area contributed by atoms with Crippen molar-refractivity contribution in [1.29, 1.82) is 0 Å². The molecule has 0 saturated heterocycles. The minimum atomic E-state index is -0.326. The van der Waals surface area contributed by atoms with E-state index in [1.165, 1.54) is 12.7 Å². The van der Waals surface area contributed by atoms with E-state index >= 15 is 0 Å². The van der Waals surface area contributed by atoms with Crippen LogP contribution < -0.4 is 4.74 Å². The standard InChI is InChI=1S/C20H26N2O3/c1-13(2)15-9-8-14(3)10-18(15)25-19(23)11-24-20-16-6-4-5-7-17(16)21-12-22-20/h4-7,12-15,18H,8-11H2,1-3H3/t14-,15-,18-/m1/s1. The summed E-state index contributed by atoms with van der Waals surface area (Å²) in [6.45, 7) is 6.49. The molecule has 3 rings (SSSR count). The summed E-state index contributed by atoms with van der Waals surface area (Å²) >= 11 is 0. The lowest BCUT2D eigenvalue weighted by molar-refractivity contribution is -0.158. The molecule has 0 aliphatic heterocycles. The van der Waals surface area contributed by atoms with Gasteiger partial charge in [-0.15, -0.1) is 0 Å². The van der Waals surface area contributed by atoms with Crippen LogP contribution in [0.5, 0.6) is 5.88 Å². The number of aromatic nitrogens is 2. The van der Waals surface area contributed by atoms with Crippen molar-refractivity contribution in [2.45, 2.75) is 46.1 Å². The molecule has 1 fully saturated rings. The third kappa shape index (κ3) is 4.27. The minimum Gasteiger partial charge on any atom is -0.465 e. The van der Waals surface area contributed by atoms with E-state index in [4.69, 9.17) is 9.47 Å². The van der Waals surface area contributed by atoms with Crippen LogP contribution in [0.2, 0.25) is 0 Å². The van der Waals surface area contributed by atoms with Gasteiger partial charge in [-0.05, 0) is 42.7 Å². The van der Waals surface area contributed by atoms with Crippen molar-refractivity contribution in [3.8, 4) is 5.88 Å². The molecule has 134 valence electrons. The van der Waals surface area contributed by atoms with E-state index in [1.54, 1.807) is 0 Å². The van der Waals surface area contributed by atoms with Crippen molar-refractivity contribution >= 4 is 16.9 Å². The van der Waals surface area contributed by atoms with Crippen molar-refractivity contribution in [3.63, 3.8) is 0 Å². The van der Waals surface area contributed by atoms with Crippen molar-refractivity contribution in [3.05, 3.63) is 30.6 Å². The molecule has 1 aromatic heterocycles. The smallest absolute Gasteiger partial charge is 0.344 e. The van der Waals surface area contributed by atoms with Gasteiger partial charge in [0.25, 0.3) is 0 Å². The molecule has 1 aromatic carbocycles. The number of esters is 1. The van der Waals surface area contributed by atoms with Crippen molar-refractivity contribution in [2.75, 3.05) is 6.61 Å². The molecule has 0 spiro atoms. The molecule has 3 atom stereocenters. The summed E-state index contributed by atoms with van der Waals surface area (Å²) in [7, 11) is 0. The van der Waals surface area contributed by atoms with Crippen LogP contribution in [0.25, 0.3) is 10.9 Å². The molecule has 0 amide bonds. The Morgan fingerprint density at radius 1 is 1.24 bits per heavy atom. The Balaban J connectivity index is 1.62. The molecule has 1 saturated carbocycles. The van der Waals surface area contributed by atoms with Crippen LogP contribution in [0.15, 0.2) is 30.6 Å². The molecule has 0 bridgehead atoms. The van der Waals surface area contributed by atoms with E-state index in [9.17, 15) is 4.79 Å². The second-order valence-corrected chi connectivity index (χ2v) is 7.34. The average Bonchev–Trinajstić information content (AvgIpc) is 2.59. The summed E-state index contributed by atoms with van der Waals surface area (Å²) in [5.41, 5.74) is 0.793. The Morgan fingerprint density at radius 2 is 2.04 bits per heavy atom. The molecule has 25 heavy (non-hydrogen) atoms. The van der Waals surface area contributed by atoms with Crippen LogP contribution in [-0.4, -0.2) is 28.6 Å². The quantitative estimate of drug-likeness (QED) is 0.768. The summed E-state index contributed by atoms with van der Waals surface area (Å²) in [5.74, 6) is 1.63. The van der Waals surface area contributed by atoms with Crippen LogP contribution in [0, 0.1) is 17.8 Å². The summed E-state index contributed by atoms with van der Waals surface area (Å²) < 4.78 is 11.4. The minimum absolute atomic E-state index is 0.0120. The van der Waals surface area contributed by atoms with Gasteiger partial charge < -0.3 is 9.47 Å². The Bertz CT molecular complexity index is 726. The molecule has 1 heterocycles. The number of carbonyl (C=O) groups excluding carboxylic acids is 1. The van der Waals surface area contributed by atoms with Crippen molar-refractivity contribution in [2.24, 2.45) is 17.8 Å². The van der Waals surface area contributed by atoms with Crippen LogP contribution in [0.3, 0.4) is 0 Å². The first-order valence-electron chi connectivity index (χ1n) is 9.06. The monoisotopic (exact) mass is 342 g/mol. The molecule has 0 N–H and O–H groups in total. The molecular weight excluding hydrogens is 316 g/mol. The van der Waals surface area contributed by atoms with Gasteiger partial charge in [-0.1, -0.05) is 39.3 Å². The predicted molar refractivity (Wildman–Crippen MR) is 96.3 cm³/mol. The first kappa shape index (κ1) is 17.6. The highest BCUT2D eigenvalue weighted by Gasteiger charge is 2.33. The first-order valence-corrected chi connectivity index (χ1v) is 9.06. The van der Waals surface area contributed by atoms with Gasteiger partial charge in [-0.2, -0.15) is 0 Å². The maximum atomic E-state index is 12.3. The number of nitrogens with zero attached hydrogens (tertiary/aromatic N) is 2. The Hall–Kier alpha value is -2.17. The van der Waals surface area contributed by atoms with Crippen LogP contribution >= 0.6 is 0 Å². The third-order valence-corrected chi connectivity index (χ3v) is 5.08. The van der Waals surface area contributed by atoms with Gasteiger partial charge in [-0.3, -0.25) is 0 Å². The maximum Gasteiger partial charge on any atom is 0.344 e. The second kappa shape index (κ2) is 7.81. The first-order chi connectivity index (χ1) is 12.0. The fourth-order valence-corrected chi connectivity index (χ4v) is 3.68. The summed E-state index contributed by atoms with van der Waals surface area (Å²) in [6, 6.07) is 7.57. The zero-order valence-electron chi connectivity index (χ0n) is 15.1. The van der Waals surface area contributed by atoms with Gasteiger partial charge in [0.2, 0.25) is 5.88 Å². The number of benzene rings is 1. The summed E-state index contributed by atoms with van der Waals surface area (Å²) in [4.78, 5) is 20.6. The molecule has 5 nitrogen and oxygen atoms in total. The lowest BCUT2D eigenvalue weighted by Gasteiger charge is -2.36. The number of ether oxygens (including phenoxy) is 2. The fraction of sp³-hybridized carbons (Fsp3) is 0.550. The third-order valence-electron chi connectivity index (χ3n) is 5.08. The zero-order chi connectivity index (χ0) is 17.8. The van der Waals surface area contributed by atoms with Crippen LogP contribution in [0.1, 0.15) is 40.0 Å². The Labute approximate surface area is 148 Å². The second-order valence-electron chi connectivity index (χ2n) is 7.34. The van der Waals surface area contributed by atoms with Gasteiger partial charge >= 0.3 is 5.97 Å². The van der Waals surface area contributed by atoms with Crippen molar-refractivity contribution < 1.29 is 14.3 Å². The molecule has 1 aliphatic carbocycles. The molecule has 0 unspecified atom stereocenters. The molecule has 5 heteroatoms. The molecule has 1 aliphatic rings. The van der Waals surface area contributed by atoms with Gasteiger partial charge in [0, 0.05) is 0 Å². The molecule has 0 radical (unpaired) electrons. The SMILES string of the molecule is CC(C)[C@H]1CC[C@@H](C)C[C@H]1OC(=O)COc1ncnc2ccccc12. The van der Waals surface area contributed by atoms with E-state index in [0.29, 0.717) is 23.6 Å². The lowest BCUT2D eigenvalue weighted by Crippen LogP contribution is -2.37. The van der Waals surface area contributed by atoms with Gasteiger partial charge in [-0.25, -0.2) is 14.8 Å². The van der Waals surface area contributed by atoms with Crippen LogP contribution in [0.4, 0.5) is 0 Å². The van der Waals surface area contributed by atoms with E-state index in [2.05, 4.69) is 30.7 Å². The highest BCUT2D eigenvalue weighted by atomic mass is 16.6. The van der Waals surface area contributed by atoms with E-state index < -0.39 is 0 Å². The fourth-order valence-electron chi connectivity index (χ4n) is 3.68. The van der Waals surface area contributed by atoms with Gasteiger partial charge in [0.15, 0.2) is 6.61 Å². The summed E-state index contributed by atoms with van der Waals surface area (Å²) in [6.07, 6.45) is 4.70. The van der Waals surface area contributed by atoms with Crippen molar-refractivity contribution in [1.82, 2.24) is 9.97 Å². The van der Waals surface area contributed by atoms with Gasteiger partial charge in [0.05, 0.1) is 10.9 Å². The number of rotatable bonds is 5. The molecular formula is C20H26N2O3. The number of para-hydroxylation sites is 1. The predicted octanol–water partition coefficient (Wildman–Crippen LogP) is 4.01. The normalized spacial score (nSPS) is 23.6.